The van der Waals surface area contributed by atoms with Crippen LogP contribution >= 0.6 is 0 Å². The fraction of sp³-hybridized carbons (Fsp3) is 0.571. The first-order valence-corrected chi connectivity index (χ1v) is 6.43. The van der Waals surface area contributed by atoms with Crippen molar-refractivity contribution in [2.75, 3.05) is 40.4 Å². The van der Waals surface area contributed by atoms with Crippen LogP contribution in [0.2, 0.25) is 0 Å². The lowest BCUT2D eigenvalue weighted by Gasteiger charge is -2.33. The van der Waals surface area contributed by atoms with Gasteiger partial charge in [-0.3, -0.25) is 4.90 Å². The summed E-state index contributed by atoms with van der Waals surface area (Å²) in [6.07, 6.45) is 0. The van der Waals surface area contributed by atoms with E-state index in [1.807, 2.05) is 12.1 Å². The molecule has 1 atom stereocenters. The maximum atomic E-state index is 5.48. The summed E-state index contributed by atoms with van der Waals surface area (Å²) in [6, 6.07) is 6.42. The van der Waals surface area contributed by atoms with Gasteiger partial charge in [0.05, 0.1) is 14.2 Å². The number of piperazine rings is 1. The molecule has 2 rings (SSSR count). The zero-order valence-electron chi connectivity index (χ0n) is 11.4. The molecule has 1 aliphatic heterocycles. The predicted molar refractivity (Wildman–Crippen MR) is 72.4 cm³/mol. The molecule has 0 amide bonds. The van der Waals surface area contributed by atoms with E-state index in [1.165, 1.54) is 5.56 Å². The molecule has 1 heterocycles. The fourth-order valence-corrected chi connectivity index (χ4v) is 2.43. The molecule has 0 saturated carbocycles. The Hall–Kier alpha value is -1.26. The van der Waals surface area contributed by atoms with Gasteiger partial charge in [0.15, 0.2) is 0 Å². The topological polar surface area (TPSA) is 33.7 Å². The van der Waals surface area contributed by atoms with Crippen molar-refractivity contribution in [1.82, 2.24) is 10.2 Å². The van der Waals surface area contributed by atoms with Crippen molar-refractivity contribution >= 4 is 0 Å². The van der Waals surface area contributed by atoms with E-state index in [1.54, 1.807) is 14.2 Å². The second-order valence-electron chi connectivity index (χ2n) is 4.57. The molecule has 4 nitrogen and oxygen atoms in total. The summed E-state index contributed by atoms with van der Waals surface area (Å²) in [6.45, 7) is 6.51. The third-order valence-electron chi connectivity index (χ3n) is 3.59. The van der Waals surface area contributed by atoms with E-state index in [0.717, 1.165) is 37.7 Å². The largest absolute Gasteiger partial charge is 0.497 e. The van der Waals surface area contributed by atoms with Crippen molar-refractivity contribution in [1.29, 1.82) is 0 Å². The molecule has 0 radical (unpaired) electrons. The van der Waals surface area contributed by atoms with Gasteiger partial charge in [0.2, 0.25) is 0 Å². The number of methoxy groups -OCH3 is 2. The van der Waals surface area contributed by atoms with Crippen LogP contribution in [-0.2, 0) is 0 Å². The number of benzene rings is 1. The molecule has 0 spiro atoms. The SMILES string of the molecule is COc1ccc(C(C)N2CCNCC2)c(OC)c1. The zero-order valence-corrected chi connectivity index (χ0v) is 11.4. The quantitative estimate of drug-likeness (QED) is 0.881. The van der Waals surface area contributed by atoms with E-state index >= 15 is 0 Å². The number of nitrogens with zero attached hydrogens (tertiary/aromatic N) is 1. The first-order chi connectivity index (χ1) is 8.76. The average Bonchev–Trinajstić information content (AvgIpc) is 2.46. The van der Waals surface area contributed by atoms with Crippen LogP contribution < -0.4 is 14.8 Å². The van der Waals surface area contributed by atoms with Crippen LogP contribution in [0.15, 0.2) is 18.2 Å². The van der Waals surface area contributed by atoms with E-state index < -0.39 is 0 Å². The molecule has 1 aromatic rings. The lowest BCUT2D eigenvalue weighted by atomic mass is 10.0. The summed E-state index contributed by atoms with van der Waals surface area (Å²) >= 11 is 0. The highest BCUT2D eigenvalue weighted by Gasteiger charge is 2.20. The van der Waals surface area contributed by atoms with Crippen molar-refractivity contribution in [3.63, 3.8) is 0 Å². The minimum Gasteiger partial charge on any atom is -0.497 e. The van der Waals surface area contributed by atoms with Gasteiger partial charge in [0, 0.05) is 43.9 Å². The molecule has 18 heavy (non-hydrogen) atoms. The molecular formula is C14H22N2O2. The minimum absolute atomic E-state index is 0.368. The Bertz CT molecular complexity index is 389. The standard InChI is InChI=1S/C14H22N2O2/c1-11(16-8-6-15-7-9-16)13-5-4-12(17-2)10-14(13)18-3/h4-5,10-11,15H,6-9H2,1-3H3. The van der Waals surface area contributed by atoms with E-state index in [9.17, 15) is 0 Å². The third kappa shape index (κ3) is 2.76. The third-order valence-corrected chi connectivity index (χ3v) is 3.59. The molecular weight excluding hydrogens is 228 g/mol. The van der Waals surface area contributed by atoms with Crippen molar-refractivity contribution < 1.29 is 9.47 Å². The number of nitrogens with one attached hydrogen (secondary N) is 1. The second kappa shape index (κ2) is 6.07. The molecule has 1 fully saturated rings. The Morgan fingerprint density at radius 1 is 1.17 bits per heavy atom. The molecule has 0 aliphatic carbocycles. The number of ether oxygens (including phenoxy) is 2. The van der Waals surface area contributed by atoms with E-state index in [4.69, 9.17) is 9.47 Å². The van der Waals surface area contributed by atoms with Crippen LogP contribution in [0.4, 0.5) is 0 Å². The number of rotatable bonds is 4. The lowest BCUT2D eigenvalue weighted by Crippen LogP contribution is -2.44. The molecule has 4 heteroatoms. The predicted octanol–water partition coefficient (Wildman–Crippen LogP) is 1.67. The van der Waals surface area contributed by atoms with E-state index in [-0.39, 0.29) is 0 Å². The van der Waals surface area contributed by atoms with Crippen LogP contribution in [0, 0.1) is 0 Å². The van der Waals surface area contributed by atoms with Crippen LogP contribution in [-0.4, -0.2) is 45.3 Å². The summed E-state index contributed by atoms with van der Waals surface area (Å²) < 4.78 is 10.7. The zero-order chi connectivity index (χ0) is 13.0. The summed E-state index contributed by atoms with van der Waals surface area (Å²) in [5, 5.41) is 3.37. The van der Waals surface area contributed by atoms with E-state index in [2.05, 4.69) is 23.2 Å². The molecule has 1 aromatic carbocycles. The first-order valence-electron chi connectivity index (χ1n) is 6.43. The summed E-state index contributed by atoms with van der Waals surface area (Å²) in [5.41, 5.74) is 1.22. The Labute approximate surface area is 109 Å². The molecule has 1 saturated heterocycles. The van der Waals surface area contributed by atoms with Crippen molar-refractivity contribution in [3.8, 4) is 11.5 Å². The van der Waals surface area contributed by atoms with Gasteiger partial charge in [0.1, 0.15) is 11.5 Å². The average molecular weight is 250 g/mol. The first kappa shape index (κ1) is 13.2. The molecule has 1 aliphatic rings. The Balaban J connectivity index is 2.20. The summed E-state index contributed by atoms with van der Waals surface area (Å²) in [5.74, 6) is 1.74. The smallest absolute Gasteiger partial charge is 0.127 e. The number of hydrogen-bond acceptors (Lipinski definition) is 4. The monoisotopic (exact) mass is 250 g/mol. The fourth-order valence-electron chi connectivity index (χ4n) is 2.43. The van der Waals surface area contributed by atoms with Gasteiger partial charge >= 0.3 is 0 Å². The van der Waals surface area contributed by atoms with Crippen LogP contribution in [0.25, 0.3) is 0 Å². The van der Waals surface area contributed by atoms with Gasteiger partial charge in [0.25, 0.3) is 0 Å². The van der Waals surface area contributed by atoms with Crippen molar-refractivity contribution in [2.24, 2.45) is 0 Å². The maximum Gasteiger partial charge on any atom is 0.127 e. The Kier molecular flexibility index (Phi) is 4.44. The Morgan fingerprint density at radius 3 is 2.50 bits per heavy atom. The minimum atomic E-state index is 0.368. The van der Waals surface area contributed by atoms with Gasteiger partial charge in [-0.25, -0.2) is 0 Å². The van der Waals surface area contributed by atoms with Crippen molar-refractivity contribution in [2.45, 2.75) is 13.0 Å². The maximum absolute atomic E-state index is 5.48. The van der Waals surface area contributed by atoms with Gasteiger partial charge in [-0.1, -0.05) is 6.07 Å². The second-order valence-corrected chi connectivity index (χ2v) is 4.57. The normalized spacial score (nSPS) is 18.4. The van der Waals surface area contributed by atoms with Gasteiger partial charge in [-0.05, 0) is 13.0 Å². The van der Waals surface area contributed by atoms with Crippen LogP contribution in [0.3, 0.4) is 0 Å². The highest BCUT2D eigenvalue weighted by atomic mass is 16.5. The summed E-state index contributed by atoms with van der Waals surface area (Å²) in [4.78, 5) is 2.47. The molecule has 0 aromatic heterocycles. The summed E-state index contributed by atoms with van der Waals surface area (Å²) in [7, 11) is 3.39. The molecule has 1 unspecified atom stereocenters. The van der Waals surface area contributed by atoms with Gasteiger partial charge in [-0.2, -0.15) is 0 Å². The lowest BCUT2D eigenvalue weighted by molar-refractivity contribution is 0.182. The Morgan fingerprint density at radius 2 is 1.89 bits per heavy atom. The van der Waals surface area contributed by atoms with Crippen LogP contribution in [0.5, 0.6) is 11.5 Å². The van der Waals surface area contributed by atoms with E-state index in [0.29, 0.717) is 6.04 Å². The van der Waals surface area contributed by atoms with Gasteiger partial charge < -0.3 is 14.8 Å². The van der Waals surface area contributed by atoms with Crippen LogP contribution in [0.1, 0.15) is 18.5 Å². The molecule has 1 N–H and O–H groups in total. The van der Waals surface area contributed by atoms with Gasteiger partial charge in [-0.15, -0.1) is 0 Å². The highest BCUT2D eigenvalue weighted by molar-refractivity contribution is 5.42. The number of hydrogen-bond donors (Lipinski definition) is 1. The molecule has 0 bridgehead atoms. The molecule has 100 valence electrons. The highest BCUT2D eigenvalue weighted by Crippen LogP contribution is 2.32. The van der Waals surface area contributed by atoms with Crippen molar-refractivity contribution in [3.05, 3.63) is 23.8 Å².